The lowest BCUT2D eigenvalue weighted by Crippen LogP contribution is -2.41. The van der Waals surface area contributed by atoms with Crippen molar-refractivity contribution in [3.05, 3.63) is 0 Å². The van der Waals surface area contributed by atoms with Gasteiger partial charge in [-0.05, 0) is 51.0 Å². The van der Waals surface area contributed by atoms with Crippen LogP contribution in [-0.2, 0) is 4.79 Å². The molecule has 0 spiro atoms. The van der Waals surface area contributed by atoms with Gasteiger partial charge in [-0.1, -0.05) is 13.8 Å². The van der Waals surface area contributed by atoms with Crippen LogP contribution in [0.2, 0.25) is 0 Å². The first-order valence-corrected chi connectivity index (χ1v) is 7.10. The molecule has 1 saturated carbocycles. The third-order valence-corrected chi connectivity index (χ3v) is 4.37. The van der Waals surface area contributed by atoms with Crippen molar-refractivity contribution in [2.24, 2.45) is 17.6 Å². The summed E-state index contributed by atoms with van der Waals surface area (Å²) in [7, 11) is 1.97. The minimum atomic E-state index is 0.253. The highest BCUT2D eigenvalue weighted by molar-refractivity contribution is 5.79. The Hall–Kier alpha value is -0.570. The standard InChI is InChI=1S/C14H28N2O/c1-4-13(5-2)16(3)14(17)12-8-6-11(10-15)7-9-12/h11-13H,4-10,15H2,1-3H3. The van der Waals surface area contributed by atoms with Gasteiger partial charge in [0.15, 0.2) is 0 Å². The van der Waals surface area contributed by atoms with Crippen molar-refractivity contribution in [3.63, 3.8) is 0 Å². The number of hydrogen-bond acceptors (Lipinski definition) is 2. The lowest BCUT2D eigenvalue weighted by molar-refractivity contribution is -0.137. The Morgan fingerprint density at radius 2 is 1.76 bits per heavy atom. The van der Waals surface area contributed by atoms with Crippen molar-refractivity contribution >= 4 is 5.91 Å². The maximum Gasteiger partial charge on any atom is 0.225 e. The van der Waals surface area contributed by atoms with Gasteiger partial charge in [-0.3, -0.25) is 4.79 Å². The van der Waals surface area contributed by atoms with E-state index >= 15 is 0 Å². The number of nitrogens with zero attached hydrogens (tertiary/aromatic N) is 1. The average Bonchev–Trinajstić information content (AvgIpc) is 2.39. The molecule has 1 aliphatic carbocycles. The van der Waals surface area contributed by atoms with Gasteiger partial charge < -0.3 is 10.6 Å². The third-order valence-electron chi connectivity index (χ3n) is 4.37. The van der Waals surface area contributed by atoms with Crippen molar-refractivity contribution in [2.75, 3.05) is 13.6 Å². The highest BCUT2D eigenvalue weighted by Crippen LogP contribution is 2.29. The zero-order valence-electron chi connectivity index (χ0n) is 11.6. The van der Waals surface area contributed by atoms with E-state index in [4.69, 9.17) is 5.73 Å². The zero-order valence-corrected chi connectivity index (χ0v) is 11.6. The van der Waals surface area contributed by atoms with E-state index in [2.05, 4.69) is 13.8 Å². The number of amides is 1. The van der Waals surface area contributed by atoms with Crippen LogP contribution in [0.5, 0.6) is 0 Å². The van der Waals surface area contributed by atoms with Gasteiger partial charge in [0, 0.05) is 19.0 Å². The molecule has 0 aromatic carbocycles. The molecule has 0 aliphatic heterocycles. The SMILES string of the molecule is CCC(CC)N(C)C(=O)C1CCC(CN)CC1. The van der Waals surface area contributed by atoms with Gasteiger partial charge in [-0.15, -0.1) is 0 Å². The zero-order chi connectivity index (χ0) is 12.8. The smallest absolute Gasteiger partial charge is 0.225 e. The number of carbonyl (C=O) groups excluding carboxylic acids is 1. The van der Waals surface area contributed by atoms with Gasteiger partial charge in [0.25, 0.3) is 0 Å². The summed E-state index contributed by atoms with van der Waals surface area (Å²) in [5.41, 5.74) is 5.68. The van der Waals surface area contributed by atoms with E-state index in [-0.39, 0.29) is 5.92 Å². The minimum Gasteiger partial charge on any atom is -0.343 e. The molecule has 0 radical (unpaired) electrons. The van der Waals surface area contributed by atoms with E-state index < -0.39 is 0 Å². The van der Waals surface area contributed by atoms with E-state index in [1.165, 1.54) is 0 Å². The minimum absolute atomic E-state index is 0.253. The molecule has 0 saturated heterocycles. The molecule has 17 heavy (non-hydrogen) atoms. The van der Waals surface area contributed by atoms with Crippen molar-refractivity contribution in [1.29, 1.82) is 0 Å². The fourth-order valence-electron chi connectivity index (χ4n) is 2.95. The first-order chi connectivity index (χ1) is 8.13. The Labute approximate surface area is 106 Å². The van der Waals surface area contributed by atoms with Crippen LogP contribution in [0.1, 0.15) is 52.4 Å². The molecule has 2 N–H and O–H groups in total. The van der Waals surface area contributed by atoms with E-state index in [0.29, 0.717) is 17.9 Å². The van der Waals surface area contributed by atoms with Crippen molar-refractivity contribution in [2.45, 2.75) is 58.4 Å². The Morgan fingerprint density at radius 1 is 1.24 bits per heavy atom. The fourth-order valence-corrected chi connectivity index (χ4v) is 2.95. The summed E-state index contributed by atoms with van der Waals surface area (Å²) in [5.74, 6) is 1.26. The lowest BCUT2D eigenvalue weighted by atomic mass is 9.81. The molecule has 1 aliphatic rings. The largest absolute Gasteiger partial charge is 0.343 e. The molecule has 0 unspecified atom stereocenters. The lowest BCUT2D eigenvalue weighted by Gasteiger charge is -2.33. The summed E-state index contributed by atoms with van der Waals surface area (Å²) in [6, 6.07) is 0.412. The Balaban J connectivity index is 2.47. The molecule has 0 atom stereocenters. The second-order valence-electron chi connectivity index (χ2n) is 5.37. The summed E-state index contributed by atoms with van der Waals surface area (Å²) in [4.78, 5) is 14.3. The highest BCUT2D eigenvalue weighted by Gasteiger charge is 2.29. The van der Waals surface area contributed by atoms with Crippen LogP contribution < -0.4 is 5.73 Å². The van der Waals surface area contributed by atoms with Gasteiger partial charge in [0.2, 0.25) is 5.91 Å². The molecule has 0 bridgehead atoms. The molecule has 3 nitrogen and oxygen atoms in total. The third kappa shape index (κ3) is 3.70. The molecular weight excluding hydrogens is 212 g/mol. The maximum absolute atomic E-state index is 12.3. The van der Waals surface area contributed by atoms with Gasteiger partial charge in [-0.2, -0.15) is 0 Å². The van der Waals surface area contributed by atoms with Gasteiger partial charge in [0.1, 0.15) is 0 Å². The van der Waals surface area contributed by atoms with Crippen LogP contribution in [0, 0.1) is 11.8 Å². The topological polar surface area (TPSA) is 46.3 Å². The number of hydrogen-bond donors (Lipinski definition) is 1. The second kappa shape index (κ2) is 7.00. The molecule has 0 aromatic rings. The Kier molecular flexibility index (Phi) is 5.96. The van der Waals surface area contributed by atoms with Crippen molar-refractivity contribution in [1.82, 2.24) is 4.90 Å². The van der Waals surface area contributed by atoms with E-state index in [0.717, 1.165) is 45.1 Å². The second-order valence-corrected chi connectivity index (χ2v) is 5.37. The predicted octanol–water partition coefficient (Wildman–Crippen LogP) is 2.40. The summed E-state index contributed by atoms with van der Waals surface area (Å²) in [5, 5.41) is 0. The molecule has 1 fully saturated rings. The normalized spacial score (nSPS) is 25.0. The maximum atomic E-state index is 12.3. The molecule has 0 aromatic heterocycles. The first kappa shape index (κ1) is 14.5. The molecule has 3 heteroatoms. The number of carbonyl (C=O) groups is 1. The average molecular weight is 240 g/mol. The molecule has 100 valence electrons. The summed E-state index contributed by atoms with van der Waals surface area (Å²) >= 11 is 0. The first-order valence-electron chi connectivity index (χ1n) is 7.10. The van der Waals surface area contributed by atoms with E-state index in [1.54, 1.807) is 0 Å². The van der Waals surface area contributed by atoms with Crippen LogP contribution >= 0.6 is 0 Å². The number of rotatable bonds is 5. The predicted molar refractivity (Wildman–Crippen MR) is 71.6 cm³/mol. The summed E-state index contributed by atoms with van der Waals surface area (Å²) in [6.07, 6.45) is 6.43. The van der Waals surface area contributed by atoms with Crippen molar-refractivity contribution in [3.8, 4) is 0 Å². The van der Waals surface area contributed by atoms with Crippen LogP contribution in [0.15, 0.2) is 0 Å². The van der Waals surface area contributed by atoms with Crippen LogP contribution in [0.25, 0.3) is 0 Å². The number of nitrogens with two attached hydrogens (primary N) is 1. The van der Waals surface area contributed by atoms with Gasteiger partial charge in [-0.25, -0.2) is 0 Å². The fraction of sp³-hybridized carbons (Fsp3) is 0.929. The van der Waals surface area contributed by atoms with E-state index in [1.807, 2.05) is 11.9 Å². The Bertz CT molecular complexity index is 230. The monoisotopic (exact) mass is 240 g/mol. The highest BCUT2D eigenvalue weighted by atomic mass is 16.2. The van der Waals surface area contributed by atoms with Gasteiger partial charge in [0.05, 0.1) is 0 Å². The van der Waals surface area contributed by atoms with Crippen LogP contribution in [-0.4, -0.2) is 30.4 Å². The molecule has 1 rings (SSSR count). The van der Waals surface area contributed by atoms with Crippen LogP contribution in [0.3, 0.4) is 0 Å². The Morgan fingerprint density at radius 3 is 2.18 bits per heavy atom. The van der Waals surface area contributed by atoms with Crippen LogP contribution in [0.4, 0.5) is 0 Å². The molecule has 1 amide bonds. The molecular formula is C14H28N2O. The summed E-state index contributed by atoms with van der Waals surface area (Å²) < 4.78 is 0. The van der Waals surface area contributed by atoms with Crippen molar-refractivity contribution < 1.29 is 4.79 Å². The quantitative estimate of drug-likeness (QED) is 0.802. The molecule has 0 heterocycles. The van der Waals surface area contributed by atoms with E-state index in [9.17, 15) is 4.79 Å². The van der Waals surface area contributed by atoms with Gasteiger partial charge >= 0.3 is 0 Å². The summed E-state index contributed by atoms with van der Waals surface area (Å²) in [6.45, 7) is 5.09.